The molecule has 0 aromatic heterocycles. The smallest absolute Gasteiger partial charge is 0.268 e. The zero-order chi connectivity index (χ0) is 24.0. The lowest BCUT2D eigenvalue weighted by atomic mass is 10.2. The molecule has 0 aliphatic carbocycles. The summed E-state index contributed by atoms with van der Waals surface area (Å²) >= 11 is 0. The van der Waals surface area contributed by atoms with Gasteiger partial charge in [-0.1, -0.05) is 18.2 Å². The van der Waals surface area contributed by atoms with Gasteiger partial charge in [-0.3, -0.25) is 9.10 Å². The number of hydrogen-bond donors (Lipinski definition) is 1. The minimum Gasteiger partial charge on any atom is -0.495 e. The number of aryl methyl sites for hydroxylation is 2. The van der Waals surface area contributed by atoms with E-state index in [0.717, 1.165) is 15.4 Å². The SMILES string of the molecule is CCOc1ccc(NC(=O)CN(c2cccc(C)c2)S(=O)(=O)c2cc(C)ccc2OC)cc1. The third-order valence-electron chi connectivity index (χ3n) is 4.91. The molecule has 3 rings (SSSR count). The fourth-order valence-electron chi connectivity index (χ4n) is 3.33. The number of anilines is 2. The van der Waals surface area contributed by atoms with Crippen LogP contribution in [0.2, 0.25) is 0 Å². The van der Waals surface area contributed by atoms with E-state index in [4.69, 9.17) is 9.47 Å². The first-order valence-corrected chi connectivity index (χ1v) is 12.0. The summed E-state index contributed by atoms with van der Waals surface area (Å²) in [6.45, 7) is 5.68. The first-order chi connectivity index (χ1) is 15.7. The van der Waals surface area contributed by atoms with Gasteiger partial charge in [-0.05, 0) is 80.4 Å². The van der Waals surface area contributed by atoms with Crippen LogP contribution in [0.3, 0.4) is 0 Å². The van der Waals surface area contributed by atoms with Crippen molar-refractivity contribution in [1.82, 2.24) is 0 Å². The van der Waals surface area contributed by atoms with Crippen molar-refractivity contribution in [3.63, 3.8) is 0 Å². The second kappa shape index (κ2) is 10.4. The maximum absolute atomic E-state index is 13.7. The average molecular weight is 469 g/mol. The Morgan fingerprint density at radius 2 is 1.67 bits per heavy atom. The predicted molar refractivity (Wildman–Crippen MR) is 130 cm³/mol. The summed E-state index contributed by atoms with van der Waals surface area (Å²) in [4.78, 5) is 12.9. The van der Waals surface area contributed by atoms with Crippen molar-refractivity contribution in [3.8, 4) is 11.5 Å². The highest BCUT2D eigenvalue weighted by atomic mass is 32.2. The van der Waals surface area contributed by atoms with Crippen LogP contribution in [0.5, 0.6) is 11.5 Å². The predicted octanol–water partition coefficient (Wildman–Crippen LogP) is 4.54. The van der Waals surface area contributed by atoms with Crippen molar-refractivity contribution < 1.29 is 22.7 Å². The lowest BCUT2D eigenvalue weighted by molar-refractivity contribution is -0.114. The first-order valence-electron chi connectivity index (χ1n) is 10.5. The first kappa shape index (κ1) is 24.1. The van der Waals surface area contributed by atoms with Crippen molar-refractivity contribution in [2.75, 3.05) is 29.9 Å². The number of amides is 1. The topological polar surface area (TPSA) is 84.9 Å². The summed E-state index contributed by atoms with van der Waals surface area (Å²) in [5.41, 5.74) is 2.56. The number of nitrogens with zero attached hydrogens (tertiary/aromatic N) is 1. The minimum atomic E-state index is -4.11. The Labute approximate surface area is 195 Å². The molecule has 0 heterocycles. The molecule has 0 bridgehead atoms. The van der Waals surface area contributed by atoms with Gasteiger partial charge in [0.2, 0.25) is 5.91 Å². The zero-order valence-corrected chi connectivity index (χ0v) is 20.0. The molecule has 0 saturated carbocycles. The van der Waals surface area contributed by atoms with Gasteiger partial charge in [0.1, 0.15) is 22.9 Å². The zero-order valence-electron chi connectivity index (χ0n) is 19.2. The molecule has 0 unspecified atom stereocenters. The molecular weight excluding hydrogens is 440 g/mol. The van der Waals surface area contributed by atoms with Crippen molar-refractivity contribution in [3.05, 3.63) is 77.9 Å². The third kappa shape index (κ3) is 5.84. The largest absolute Gasteiger partial charge is 0.495 e. The van der Waals surface area contributed by atoms with Gasteiger partial charge >= 0.3 is 0 Å². The number of nitrogens with one attached hydrogen (secondary N) is 1. The number of methoxy groups -OCH3 is 1. The molecule has 1 amide bonds. The van der Waals surface area contributed by atoms with Gasteiger partial charge in [0, 0.05) is 5.69 Å². The molecule has 0 saturated heterocycles. The average Bonchev–Trinajstić information content (AvgIpc) is 2.79. The fraction of sp³-hybridized carbons (Fsp3) is 0.240. The summed E-state index contributed by atoms with van der Waals surface area (Å²) in [5.74, 6) is 0.423. The highest BCUT2D eigenvalue weighted by Gasteiger charge is 2.30. The summed E-state index contributed by atoms with van der Waals surface area (Å²) in [5, 5.41) is 2.76. The van der Waals surface area contributed by atoms with Gasteiger partial charge in [0.05, 0.1) is 19.4 Å². The van der Waals surface area contributed by atoms with E-state index in [9.17, 15) is 13.2 Å². The van der Waals surface area contributed by atoms with E-state index in [1.807, 2.05) is 19.9 Å². The van der Waals surface area contributed by atoms with Gasteiger partial charge in [-0.15, -0.1) is 0 Å². The normalized spacial score (nSPS) is 11.0. The van der Waals surface area contributed by atoms with Crippen LogP contribution in [0.15, 0.2) is 71.6 Å². The molecule has 7 nitrogen and oxygen atoms in total. The Hall–Kier alpha value is -3.52. The molecular formula is C25H28N2O5S. The maximum Gasteiger partial charge on any atom is 0.268 e. The Bertz CT molecular complexity index is 1220. The number of benzene rings is 3. The summed E-state index contributed by atoms with van der Waals surface area (Å²) in [7, 11) is -2.69. The van der Waals surface area contributed by atoms with Gasteiger partial charge in [0.15, 0.2) is 0 Å². The Balaban J connectivity index is 1.95. The number of rotatable bonds is 9. The molecule has 0 radical (unpaired) electrons. The van der Waals surface area contributed by atoms with E-state index in [-0.39, 0.29) is 10.6 Å². The molecule has 1 N–H and O–H groups in total. The molecule has 0 fully saturated rings. The number of hydrogen-bond acceptors (Lipinski definition) is 5. The van der Waals surface area contributed by atoms with Crippen LogP contribution in [0.25, 0.3) is 0 Å². The van der Waals surface area contributed by atoms with Gasteiger partial charge in [0.25, 0.3) is 10.0 Å². The highest BCUT2D eigenvalue weighted by Crippen LogP contribution is 2.31. The molecule has 0 aliphatic rings. The van der Waals surface area contributed by atoms with Crippen LogP contribution in [0.4, 0.5) is 11.4 Å². The Morgan fingerprint density at radius 3 is 2.30 bits per heavy atom. The summed E-state index contributed by atoms with van der Waals surface area (Å²) in [6.07, 6.45) is 0. The van der Waals surface area contributed by atoms with Crippen LogP contribution < -0.4 is 19.1 Å². The molecule has 174 valence electrons. The van der Waals surface area contributed by atoms with E-state index in [0.29, 0.717) is 23.7 Å². The van der Waals surface area contributed by atoms with E-state index in [1.165, 1.54) is 7.11 Å². The van der Waals surface area contributed by atoms with Crippen molar-refractivity contribution in [2.24, 2.45) is 0 Å². The van der Waals surface area contributed by atoms with Crippen molar-refractivity contribution in [2.45, 2.75) is 25.7 Å². The van der Waals surface area contributed by atoms with Crippen LogP contribution >= 0.6 is 0 Å². The lowest BCUT2D eigenvalue weighted by Crippen LogP contribution is -2.38. The standard InChI is InChI=1S/C25H28N2O5S/c1-5-32-22-12-10-20(11-13-22)26-25(28)17-27(21-8-6-7-18(2)15-21)33(29,30)24-16-19(3)9-14-23(24)31-4/h6-16H,5,17H2,1-4H3,(H,26,28). The Kier molecular flexibility index (Phi) is 7.60. The van der Waals surface area contributed by atoms with E-state index in [2.05, 4.69) is 5.32 Å². The maximum atomic E-state index is 13.7. The van der Waals surface area contributed by atoms with Gasteiger partial charge < -0.3 is 14.8 Å². The van der Waals surface area contributed by atoms with Gasteiger partial charge in [-0.25, -0.2) is 8.42 Å². The van der Waals surface area contributed by atoms with Crippen molar-refractivity contribution in [1.29, 1.82) is 0 Å². The quantitative estimate of drug-likeness (QED) is 0.498. The number of carbonyl (C=O) groups excluding carboxylic acids is 1. The number of ether oxygens (including phenoxy) is 2. The molecule has 3 aromatic rings. The second-order valence-corrected chi connectivity index (χ2v) is 9.34. The van der Waals surface area contributed by atoms with Crippen LogP contribution in [-0.4, -0.2) is 34.6 Å². The van der Waals surface area contributed by atoms with Crippen molar-refractivity contribution >= 4 is 27.3 Å². The molecule has 0 aliphatic heterocycles. The number of carbonyl (C=O) groups is 1. The highest BCUT2D eigenvalue weighted by molar-refractivity contribution is 7.93. The Morgan fingerprint density at radius 1 is 0.970 bits per heavy atom. The van der Waals surface area contributed by atoms with Crippen LogP contribution in [0, 0.1) is 13.8 Å². The summed E-state index contributed by atoms with van der Waals surface area (Å²) in [6, 6.07) is 18.8. The van der Waals surface area contributed by atoms with E-state index in [1.54, 1.807) is 67.6 Å². The molecule has 3 aromatic carbocycles. The lowest BCUT2D eigenvalue weighted by Gasteiger charge is -2.25. The monoisotopic (exact) mass is 468 g/mol. The fourth-order valence-corrected chi connectivity index (χ4v) is 4.99. The van der Waals surface area contributed by atoms with E-state index < -0.39 is 22.5 Å². The molecule has 8 heteroatoms. The van der Waals surface area contributed by atoms with Crippen LogP contribution in [0.1, 0.15) is 18.1 Å². The minimum absolute atomic E-state index is 0.000346. The summed E-state index contributed by atoms with van der Waals surface area (Å²) < 4.78 is 39.3. The third-order valence-corrected chi connectivity index (χ3v) is 6.71. The number of sulfonamides is 1. The van der Waals surface area contributed by atoms with Gasteiger partial charge in [-0.2, -0.15) is 0 Å². The van der Waals surface area contributed by atoms with E-state index >= 15 is 0 Å². The van der Waals surface area contributed by atoms with Crippen LogP contribution in [-0.2, 0) is 14.8 Å². The second-order valence-electron chi connectivity index (χ2n) is 7.51. The molecule has 0 spiro atoms. The molecule has 0 atom stereocenters. The molecule has 33 heavy (non-hydrogen) atoms.